The molecule has 0 aromatic rings. The van der Waals surface area contributed by atoms with Crippen LogP contribution in [0.15, 0.2) is 0 Å². The Labute approximate surface area is 73.9 Å². The van der Waals surface area contributed by atoms with Crippen molar-refractivity contribution < 1.29 is 4.79 Å². The molecule has 68 valence electrons. The highest BCUT2D eigenvalue weighted by atomic mass is 35.5. The summed E-state index contributed by atoms with van der Waals surface area (Å²) >= 11 is 0. The van der Waals surface area contributed by atoms with Crippen molar-refractivity contribution >= 4 is 18.3 Å². The van der Waals surface area contributed by atoms with Gasteiger partial charge in [-0.1, -0.05) is 20.8 Å². The zero-order chi connectivity index (χ0) is 8.36. The maximum atomic E-state index is 10.4. The summed E-state index contributed by atoms with van der Waals surface area (Å²) in [6, 6.07) is -0.134. The van der Waals surface area contributed by atoms with E-state index >= 15 is 0 Å². The van der Waals surface area contributed by atoms with E-state index in [-0.39, 0.29) is 36.2 Å². The summed E-state index contributed by atoms with van der Waals surface area (Å²) in [7, 11) is 0. The zero-order valence-electron chi connectivity index (χ0n) is 7.26. The molecule has 4 heteroatoms. The summed E-state index contributed by atoms with van der Waals surface area (Å²) in [5, 5.41) is 0. The smallest absolute Gasteiger partial charge is 0.218 e. The minimum Gasteiger partial charge on any atom is -0.370 e. The van der Waals surface area contributed by atoms with Gasteiger partial charge in [0, 0.05) is 12.5 Å². The van der Waals surface area contributed by atoms with Crippen molar-refractivity contribution in [2.75, 3.05) is 0 Å². The number of hydrogen-bond donors (Lipinski definition) is 2. The fourth-order valence-electron chi connectivity index (χ4n) is 0.523. The highest BCUT2D eigenvalue weighted by Gasteiger charge is 2.21. The summed E-state index contributed by atoms with van der Waals surface area (Å²) in [6.45, 7) is 5.96. The van der Waals surface area contributed by atoms with Gasteiger partial charge in [0.25, 0.3) is 0 Å². The van der Waals surface area contributed by atoms with E-state index < -0.39 is 0 Å². The number of halogens is 1. The summed E-state index contributed by atoms with van der Waals surface area (Å²) in [5.41, 5.74) is 10.6. The van der Waals surface area contributed by atoms with Crippen LogP contribution in [0.2, 0.25) is 0 Å². The van der Waals surface area contributed by atoms with E-state index in [2.05, 4.69) is 0 Å². The first kappa shape index (κ1) is 13.3. The van der Waals surface area contributed by atoms with Crippen molar-refractivity contribution in [1.82, 2.24) is 0 Å². The van der Waals surface area contributed by atoms with E-state index in [0.29, 0.717) is 0 Å². The second-order valence-corrected chi connectivity index (χ2v) is 3.64. The van der Waals surface area contributed by atoms with Crippen LogP contribution in [-0.4, -0.2) is 11.9 Å². The topological polar surface area (TPSA) is 69.1 Å². The summed E-state index contributed by atoms with van der Waals surface area (Å²) in [4.78, 5) is 10.4. The van der Waals surface area contributed by atoms with E-state index in [9.17, 15) is 4.79 Å². The highest BCUT2D eigenvalue weighted by molar-refractivity contribution is 5.85. The third-order valence-electron chi connectivity index (χ3n) is 1.53. The normalized spacial score (nSPS) is 13.5. The van der Waals surface area contributed by atoms with Gasteiger partial charge in [-0.05, 0) is 5.41 Å². The first-order valence-corrected chi connectivity index (χ1v) is 3.38. The van der Waals surface area contributed by atoms with E-state index in [4.69, 9.17) is 11.5 Å². The van der Waals surface area contributed by atoms with E-state index in [1.54, 1.807) is 0 Å². The molecule has 0 bridgehead atoms. The van der Waals surface area contributed by atoms with E-state index in [1.807, 2.05) is 20.8 Å². The fourth-order valence-corrected chi connectivity index (χ4v) is 0.523. The lowest BCUT2D eigenvalue weighted by atomic mass is 9.85. The second kappa shape index (κ2) is 4.57. The maximum Gasteiger partial charge on any atom is 0.218 e. The first-order valence-electron chi connectivity index (χ1n) is 3.38. The van der Waals surface area contributed by atoms with Crippen LogP contribution in [0.4, 0.5) is 0 Å². The summed E-state index contributed by atoms with van der Waals surface area (Å²) in [6.07, 6.45) is 0.267. The molecule has 0 heterocycles. The molecule has 1 amide bonds. The predicted molar refractivity (Wildman–Crippen MR) is 48.5 cm³/mol. The number of nitrogens with two attached hydrogens (primary N) is 2. The first-order chi connectivity index (χ1) is 4.34. The molecule has 11 heavy (non-hydrogen) atoms. The Bertz CT molecular complexity index is 131. The van der Waals surface area contributed by atoms with Crippen LogP contribution in [-0.2, 0) is 4.79 Å². The third kappa shape index (κ3) is 6.13. The average Bonchev–Trinajstić information content (AvgIpc) is 1.60. The lowest BCUT2D eigenvalue weighted by Gasteiger charge is -2.25. The SMILES string of the molecule is CC(C)(C)[C@@H](N)CC(N)=O.Cl. The molecule has 0 rings (SSSR count). The minimum absolute atomic E-state index is 0. The van der Waals surface area contributed by atoms with Gasteiger partial charge in [0.1, 0.15) is 0 Å². The van der Waals surface area contributed by atoms with Crippen molar-refractivity contribution in [1.29, 1.82) is 0 Å². The fraction of sp³-hybridized carbons (Fsp3) is 0.857. The molecule has 0 saturated carbocycles. The van der Waals surface area contributed by atoms with Gasteiger partial charge in [-0.3, -0.25) is 4.79 Å². The van der Waals surface area contributed by atoms with Crippen LogP contribution < -0.4 is 11.5 Å². The molecule has 4 N–H and O–H groups in total. The number of carbonyl (C=O) groups is 1. The van der Waals surface area contributed by atoms with Gasteiger partial charge < -0.3 is 11.5 Å². The number of primary amides is 1. The molecule has 1 atom stereocenters. The molecular weight excluding hydrogens is 164 g/mol. The molecule has 0 aliphatic rings. The molecule has 0 aliphatic heterocycles. The van der Waals surface area contributed by atoms with Gasteiger partial charge in [-0.2, -0.15) is 0 Å². The van der Waals surface area contributed by atoms with Gasteiger partial charge in [0.15, 0.2) is 0 Å². The monoisotopic (exact) mass is 180 g/mol. The van der Waals surface area contributed by atoms with Crippen molar-refractivity contribution in [2.24, 2.45) is 16.9 Å². The predicted octanol–water partition coefficient (Wildman–Crippen LogP) is 0.657. The van der Waals surface area contributed by atoms with Crippen molar-refractivity contribution in [3.05, 3.63) is 0 Å². The number of hydrogen-bond acceptors (Lipinski definition) is 2. The Morgan fingerprint density at radius 2 is 1.82 bits per heavy atom. The number of amides is 1. The van der Waals surface area contributed by atoms with Gasteiger partial charge in [-0.15, -0.1) is 12.4 Å². The van der Waals surface area contributed by atoms with Crippen LogP contribution in [0.25, 0.3) is 0 Å². The Morgan fingerprint density at radius 1 is 1.45 bits per heavy atom. The minimum atomic E-state index is -0.331. The van der Waals surface area contributed by atoms with Gasteiger partial charge in [-0.25, -0.2) is 0 Å². The van der Waals surface area contributed by atoms with Crippen LogP contribution >= 0.6 is 12.4 Å². The van der Waals surface area contributed by atoms with Crippen LogP contribution in [0.3, 0.4) is 0 Å². The van der Waals surface area contributed by atoms with Crippen LogP contribution in [0, 0.1) is 5.41 Å². The zero-order valence-corrected chi connectivity index (χ0v) is 8.07. The molecule has 0 aromatic carbocycles. The summed E-state index contributed by atoms with van der Waals surface area (Å²) in [5.74, 6) is -0.331. The molecule has 0 fully saturated rings. The lowest BCUT2D eigenvalue weighted by Crippen LogP contribution is -2.38. The average molecular weight is 181 g/mol. The van der Waals surface area contributed by atoms with Gasteiger partial charge >= 0.3 is 0 Å². The number of carbonyl (C=O) groups excluding carboxylic acids is 1. The van der Waals surface area contributed by atoms with Crippen molar-refractivity contribution in [3.8, 4) is 0 Å². The molecule has 3 nitrogen and oxygen atoms in total. The standard InChI is InChI=1S/C7H16N2O.ClH/c1-7(2,3)5(8)4-6(9)10;/h5H,4,8H2,1-3H3,(H2,9,10);1H/t5-;/m0./s1. The molecule has 0 aromatic heterocycles. The summed E-state index contributed by atoms with van der Waals surface area (Å²) < 4.78 is 0. The molecule has 0 radical (unpaired) electrons. The largest absolute Gasteiger partial charge is 0.370 e. The van der Waals surface area contributed by atoms with Gasteiger partial charge in [0.2, 0.25) is 5.91 Å². The second-order valence-electron chi connectivity index (χ2n) is 3.64. The Kier molecular flexibility index (Phi) is 5.53. The van der Waals surface area contributed by atoms with Gasteiger partial charge in [0.05, 0.1) is 0 Å². The lowest BCUT2D eigenvalue weighted by molar-refractivity contribution is -0.118. The third-order valence-corrected chi connectivity index (χ3v) is 1.53. The number of rotatable bonds is 2. The molecule has 0 saturated heterocycles. The van der Waals surface area contributed by atoms with Crippen LogP contribution in [0.5, 0.6) is 0 Å². The molecule has 0 spiro atoms. The van der Waals surface area contributed by atoms with Crippen molar-refractivity contribution in [3.63, 3.8) is 0 Å². The Balaban J connectivity index is 0. The molecule has 0 aliphatic carbocycles. The van der Waals surface area contributed by atoms with E-state index in [0.717, 1.165) is 0 Å². The Hall–Kier alpha value is -0.280. The quantitative estimate of drug-likeness (QED) is 0.656. The van der Waals surface area contributed by atoms with Crippen molar-refractivity contribution in [2.45, 2.75) is 33.2 Å². The van der Waals surface area contributed by atoms with Crippen LogP contribution in [0.1, 0.15) is 27.2 Å². The Morgan fingerprint density at radius 3 is 1.91 bits per heavy atom. The van der Waals surface area contributed by atoms with E-state index in [1.165, 1.54) is 0 Å². The maximum absolute atomic E-state index is 10.4. The highest BCUT2D eigenvalue weighted by Crippen LogP contribution is 2.18. The molecular formula is C7H17ClN2O. The molecule has 0 unspecified atom stereocenters.